The maximum Gasteiger partial charge on any atom is 0.217 e. The number of aromatic nitrogens is 3. The third kappa shape index (κ3) is 4.62. The minimum Gasteiger partial charge on any atom is -0.439 e. The third-order valence-corrected chi connectivity index (χ3v) is 5.69. The van der Waals surface area contributed by atoms with Gasteiger partial charge in [0.1, 0.15) is 5.75 Å². The van der Waals surface area contributed by atoms with Crippen molar-refractivity contribution in [3.8, 4) is 35.0 Å². The minimum atomic E-state index is -0.763. The predicted molar refractivity (Wildman–Crippen MR) is 118 cm³/mol. The summed E-state index contributed by atoms with van der Waals surface area (Å²) < 4.78 is 7.92. The predicted octanol–water partition coefficient (Wildman–Crippen LogP) is 3.56. The van der Waals surface area contributed by atoms with E-state index in [2.05, 4.69) is 21.5 Å². The van der Waals surface area contributed by atoms with Crippen molar-refractivity contribution in [1.29, 1.82) is 10.5 Å². The Morgan fingerprint density at radius 1 is 1.25 bits per heavy atom. The molecule has 1 saturated carbocycles. The van der Waals surface area contributed by atoms with E-state index in [4.69, 9.17) is 10.00 Å². The highest BCUT2D eigenvalue weighted by Crippen LogP contribution is 2.39. The molecule has 0 spiro atoms. The van der Waals surface area contributed by atoms with E-state index in [0.29, 0.717) is 34.4 Å². The van der Waals surface area contributed by atoms with Crippen molar-refractivity contribution in [3.05, 3.63) is 59.4 Å². The van der Waals surface area contributed by atoms with Crippen LogP contribution >= 0.6 is 0 Å². The van der Waals surface area contributed by atoms with Gasteiger partial charge in [-0.1, -0.05) is 12.5 Å². The van der Waals surface area contributed by atoms with Crippen molar-refractivity contribution in [2.24, 2.45) is 7.05 Å². The van der Waals surface area contributed by atoms with Gasteiger partial charge in [-0.2, -0.15) is 15.6 Å². The lowest BCUT2D eigenvalue weighted by Gasteiger charge is -2.22. The molecular formula is C24H24N6O2. The summed E-state index contributed by atoms with van der Waals surface area (Å²) in [5.41, 5.74) is 3.56. The van der Waals surface area contributed by atoms with E-state index >= 15 is 0 Å². The second-order valence-electron chi connectivity index (χ2n) is 7.87. The largest absolute Gasteiger partial charge is 0.439 e. The van der Waals surface area contributed by atoms with Gasteiger partial charge in [-0.25, -0.2) is 4.68 Å². The van der Waals surface area contributed by atoms with Gasteiger partial charge >= 0.3 is 0 Å². The zero-order chi connectivity index (χ0) is 22.5. The first-order valence-corrected chi connectivity index (χ1v) is 10.6. The molecule has 0 amide bonds. The fraction of sp³-hybridized carbons (Fsp3) is 0.333. The quantitative estimate of drug-likeness (QED) is 0.416. The Kier molecular flexibility index (Phi) is 6.46. The third-order valence-electron chi connectivity index (χ3n) is 5.69. The molecule has 8 nitrogen and oxygen atoms in total. The number of aliphatic hydroxyl groups is 1. The lowest BCUT2D eigenvalue weighted by Crippen LogP contribution is -2.21. The van der Waals surface area contributed by atoms with Crippen LogP contribution in [-0.2, 0) is 7.05 Å². The molecule has 1 aromatic carbocycles. The van der Waals surface area contributed by atoms with Gasteiger partial charge < -0.3 is 15.2 Å². The van der Waals surface area contributed by atoms with Crippen molar-refractivity contribution in [3.63, 3.8) is 0 Å². The number of nitriles is 2. The molecule has 0 aliphatic heterocycles. The summed E-state index contributed by atoms with van der Waals surface area (Å²) in [7, 11) is 1.85. The smallest absolute Gasteiger partial charge is 0.217 e. The molecule has 0 bridgehead atoms. The molecule has 2 aromatic heterocycles. The number of hydrogen-bond acceptors (Lipinski definition) is 7. The molecule has 2 N–H and O–H groups in total. The van der Waals surface area contributed by atoms with E-state index in [0.717, 1.165) is 24.1 Å². The molecule has 8 heteroatoms. The topological polar surface area (TPSA) is 120 Å². The summed E-state index contributed by atoms with van der Waals surface area (Å²) in [5, 5.41) is 35.6. The maximum absolute atomic E-state index is 10.2. The van der Waals surface area contributed by atoms with E-state index in [1.54, 1.807) is 35.1 Å². The van der Waals surface area contributed by atoms with Gasteiger partial charge in [0.2, 0.25) is 5.88 Å². The summed E-state index contributed by atoms with van der Waals surface area (Å²) in [4.78, 5) is 4.50. The number of benzene rings is 1. The normalized spacial score (nSPS) is 14.2. The van der Waals surface area contributed by atoms with Gasteiger partial charge in [0.15, 0.2) is 0 Å². The zero-order valence-corrected chi connectivity index (χ0v) is 17.8. The number of nitrogens with one attached hydrogen (secondary N) is 1. The first kappa shape index (κ1) is 21.5. The highest BCUT2D eigenvalue weighted by Gasteiger charge is 2.24. The van der Waals surface area contributed by atoms with Gasteiger partial charge in [-0.3, -0.25) is 4.98 Å². The first-order valence-electron chi connectivity index (χ1n) is 10.6. The highest BCUT2D eigenvalue weighted by atomic mass is 16.5. The second kappa shape index (κ2) is 9.61. The number of ether oxygens (including phenoxy) is 1. The van der Waals surface area contributed by atoms with E-state index in [9.17, 15) is 10.4 Å². The van der Waals surface area contributed by atoms with Crippen molar-refractivity contribution >= 4 is 0 Å². The summed E-state index contributed by atoms with van der Waals surface area (Å²) in [6.45, 7) is 0.439. The van der Waals surface area contributed by atoms with E-state index in [1.807, 2.05) is 25.2 Å². The number of aryl methyl sites for hydroxylation is 1. The fourth-order valence-electron chi connectivity index (χ4n) is 3.62. The molecule has 162 valence electrons. The molecule has 4 rings (SSSR count). The Morgan fingerprint density at radius 2 is 2.09 bits per heavy atom. The van der Waals surface area contributed by atoms with Crippen LogP contribution in [0.15, 0.2) is 42.6 Å². The first-order chi connectivity index (χ1) is 15.6. The van der Waals surface area contributed by atoms with E-state index < -0.39 is 6.10 Å². The fourth-order valence-corrected chi connectivity index (χ4v) is 3.62. The monoisotopic (exact) mass is 428 g/mol. The standard InChI is InChI=1S/C24H24N6O2/c1-30-24(12-21(29-30)17-3-2-4-17)32-23-11-16(13-26)5-7-19(23)20-8-6-18(14-28-20)22(31)15-27-10-9-25/h5-8,11-12,14,17,22,27,31H,2-4,10,15H2,1H3. The Balaban J connectivity index is 1.59. The van der Waals surface area contributed by atoms with Crippen LogP contribution in [0.1, 0.15) is 48.1 Å². The number of hydrogen-bond donors (Lipinski definition) is 2. The van der Waals surface area contributed by atoms with Crippen molar-refractivity contribution in [2.45, 2.75) is 31.3 Å². The zero-order valence-electron chi connectivity index (χ0n) is 17.8. The van der Waals surface area contributed by atoms with Crippen LogP contribution in [0.25, 0.3) is 11.3 Å². The van der Waals surface area contributed by atoms with Crippen LogP contribution in [0.5, 0.6) is 11.6 Å². The van der Waals surface area contributed by atoms with Crippen LogP contribution < -0.4 is 10.1 Å². The van der Waals surface area contributed by atoms with E-state index in [1.165, 1.54) is 6.42 Å². The molecule has 1 fully saturated rings. The lowest BCUT2D eigenvalue weighted by molar-refractivity contribution is 0.176. The van der Waals surface area contributed by atoms with Crippen molar-refractivity contribution in [1.82, 2.24) is 20.1 Å². The Labute approximate surface area is 186 Å². The average Bonchev–Trinajstić information content (AvgIpc) is 3.12. The molecule has 0 saturated heterocycles. The summed E-state index contributed by atoms with van der Waals surface area (Å²) in [5.74, 6) is 1.62. The molecular weight excluding hydrogens is 404 g/mol. The number of pyridine rings is 1. The molecule has 2 heterocycles. The molecule has 1 aliphatic carbocycles. The minimum absolute atomic E-state index is 0.172. The van der Waals surface area contributed by atoms with Crippen LogP contribution in [0.4, 0.5) is 0 Å². The van der Waals surface area contributed by atoms with Crippen LogP contribution in [0, 0.1) is 22.7 Å². The molecule has 0 radical (unpaired) electrons. The van der Waals surface area contributed by atoms with Gasteiger partial charge in [0, 0.05) is 42.9 Å². The average molecular weight is 428 g/mol. The lowest BCUT2D eigenvalue weighted by atomic mass is 9.83. The Morgan fingerprint density at radius 3 is 2.75 bits per heavy atom. The molecule has 3 aromatic rings. The van der Waals surface area contributed by atoms with Gasteiger partial charge in [0.25, 0.3) is 0 Å². The van der Waals surface area contributed by atoms with Crippen LogP contribution in [0.3, 0.4) is 0 Å². The number of rotatable bonds is 8. The summed E-state index contributed by atoms with van der Waals surface area (Å²) in [6.07, 6.45) is 4.38. The van der Waals surface area contributed by atoms with Crippen LogP contribution in [-0.4, -0.2) is 33.0 Å². The van der Waals surface area contributed by atoms with Gasteiger partial charge in [-0.05, 0) is 37.1 Å². The number of nitrogens with zero attached hydrogens (tertiary/aromatic N) is 5. The van der Waals surface area contributed by atoms with Crippen LogP contribution in [0.2, 0.25) is 0 Å². The SMILES string of the molecule is Cn1nc(C2CCC2)cc1Oc1cc(C#N)ccc1-c1ccc(C(O)CNCC#N)cn1. The summed E-state index contributed by atoms with van der Waals surface area (Å²) >= 11 is 0. The van der Waals surface area contributed by atoms with E-state index in [-0.39, 0.29) is 13.1 Å². The van der Waals surface area contributed by atoms with Crippen molar-refractivity contribution in [2.75, 3.05) is 13.1 Å². The van der Waals surface area contributed by atoms with Gasteiger partial charge in [0.05, 0.1) is 41.7 Å². The molecule has 1 aliphatic rings. The highest BCUT2D eigenvalue weighted by molar-refractivity contribution is 5.69. The summed E-state index contributed by atoms with van der Waals surface area (Å²) in [6, 6.07) is 14.9. The van der Waals surface area contributed by atoms with Gasteiger partial charge in [-0.15, -0.1) is 0 Å². The Bertz CT molecular complexity index is 1170. The molecule has 1 atom stereocenters. The molecule has 1 unspecified atom stereocenters. The van der Waals surface area contributed by atoms with Crippen molar-refractivity contribution < 1.29 is 9.84 Å². The molecule has 32 heavy (non-hydrogen) atoms. The maximum atomic E-state index is 10.2. The second-order valence-corrected chi connectivity index (χ2v) is 7.87. The number of aliphatic hydroxyl groups excluding tert-OH is 1. The Hall–Kier alpha value is -3.72.